The van der Waals surface area contributed by atoms with Crippen LogP contribution in [-0.2, 0) is 13.1 Å². The molecule has 30 heavy (non-hydrogen) atoms. The molecule has 0 radical (unpaired) electrons. The fourth-order valence-corrected chi connectivity index (χ4v) is 2.77. The van der Waals surface area contributed by atoms with E-state index < -0.39 is 0 Å². The Morgan fingerprint density at radius 1 is 0.867 bits per heavy atom. The van der Waals surface area contributed by atoms with E-state index in [2.05, 4.69) is 47.1 Å². The zero-order valence-corrected chi connectivity index (χ0v) is 19.5. The molecule has 0 atom stereocenters. The zero-order chi connectivity index (χ0) is 20.5. The summed E-state index contributed by atoms with van der Waals surface area (Å²) in [5.41, 5.74) is 5.07. The molecule has 156 valence electrons. The molecule has 0 spiro atoms. The second-order valence-electron chi connectivity index (χ2n) is 6.77. The van der Waals surface area contributed by atoms with Gasteiger partial charge in [-0.3, -0.25) is 4.79 Å². The van der Waals surface area contributed by atoms with Crippen molar-refractivity contribution in [1.82, 2.24) is 10.6 Å². The highest BCUT2D eigenvalue weighted by Crippen LogP contribution is 2.09. The molecule has 0 saturated heterocycles. The van der Waals surface area contributed by atoms with Crippen molar-refractivity contribution < 1.29 is 4.79 Å². The molecule has 0 saturated carbocycles. The van der Waals surface area contributed by atoms with Crippen molar-refractivity contribution in [2.75, 3.05) is 12.4 Å². The maximum atomic E-state index is 11.7. The largest absolute Gasteiger partial charge is 0.355 e. The minimum Gasteiger partial charge on any atom is -0.355 e. The molecule has 3 aromatic rings. The number of amides is 1. The third-order valence-corrected chi connectivity index (χ3v) is 4.48. The van der Waals surface area contributed by atoms with Gasteiger partial charge in [0.1, 0.15) is 0 Å². The van der Waals surface area contributed by atoms with Crippen molar-refractivity contribution in [3.8, 4) is 0 Å². The maximum absolute atomic E-state index is 11.7. The summed E-state index contributed by atoms with van der Waals surface area (Å²) >= 11 is 0. The van der Waals surface area contributed by atoms with Crippen LogP contribution < -0.4 is 16.0 Å². The number of guanidine groups is 1. The number of nitrogens with zero attached hydrogens (tertiary/aromatic N) is 1. The van der Waals surface area contributed by atoms with Crippen molar-refractivity contribution >= 4 is 41.5 Å². The third-order valence-electron chi connectivity index (χ3n) is 4.48. The normalized spacial score (nSPS) is 10.7. The lowest BCUT2D eigenvalue weighted by Gasteiger charge is -2.13. The lowest BCUT2D eigenvalue weighted by atomic mass is 10.1. The van der Waals surface area contributed by atoms with Gasteiger partial charge in [0.15, 0.2) is 5.96 Å². The molecule has 0 bridgehead atoms. The quantitative estimate of drug-likeness (QED) is 0.253. The maximum Gasteiger partial charge on any atom is 0.251 e. The van der Waals surface area contributed by atoms with Crippen LogP contribution in [0.5, 0.6) is 0 Å². The van der Waals surface area contributed by atoms with E-state index in [0.29, 0.717) is 24.6 Å². The van der Waals surface area contributed by atoms with E-state index in [0.717, 1.165) is 11.3 Å². The first-order chi connectivity index (χ1) is 14.1. The molecular weight excluding hydrogens is 487 g/mol. The standard InChI is InChI=1S/C24H26N4O.HI/c1-18-8-10-19(11-9-18)16-26-24(28-22-6-4-3-5-7-22)27-17-20-12-14-21(15-13-20)23(29)25-2;/h3-15H,16-17H2,1-2H3,(H,25,29)(H2,26,27,28);1H. The molecule has 0 aliphatic rings. The van der Waals surface area contributed by atoms with Gasteiger partial charge in [0.05, 0.1) is 6.54 Å². The first kappa shape index (κ1) is 23.4. The number of aryl methyl sites for hydroxylation is 1. The Morgan fingerprint density at radius 2 is 1.50 bits per heavy atom. The summed E-state index contributed by atoms with van der Waals surface area (Å²) < 4.78 is 0. The molecular formula is C24H27IN4O. The first-order valence-corrected chi connectivity index (χ1v) is 9.61. The highest BCUT2D eigenvalue weighted by molar-refractivity contribution is 14.0. The number of anilines is 1. The van der Waals surface area contributed by atoms with Gasteiger partial charge in [-0.2, -0.15) is 0 Å². The average Bonchev–Trinajstić information content (AvgIpc) is 2.77. The molecule has 0 aromatic heterocycles. The number of carbonyl (C=O) groups is 1. The highest BCUT2D eigenvalue weighted by atomic mass is 127. The second-order valence-corrected chi connectivity index (χ2v) is 6.77. The Morgan fingerprint density at radius 3 is 2.13 bits per heavy atom. The predicted octanol–water partition coefficient (Wildman–Crippen LogP) is 4.73. The van der Waals surface area contributed by atoms with E-state index in [9.17, 15) is 4.79 Å². The summed E-state index contributed by atoms with van der Waals surface area (Å²) in [5, 5.41) is 9.36. The molecule has 0 unspecified atom stereocenters. The van der Waals surface area contributed by atoms with Gasteiger partial charge in [-0.15, -0.1) is 24.0 Å². The SMILES string of the molecule is CNC(=O)c1ccc(CN=C(NCc2ccc(C)cc2)Nc2ccccc2)cc1.I. The summed E-state index contributed by atoms with van der Waals surface area (Å²) in [6.07, 6.45) is 0. The summed E-state index contributed by atoms with van der Waals surface area (Å²) in [6, 6.07) is 25.9. The van der Waals surface area contributed by atoms with Crippen LogP contribution in [0.2, 0.25) is 0 Å². The molecule has 3 N–H and O–H groups in total. The fraction of sp³-hybridized carbons (Fsp3) is 0.167. The van der Waals surface area contributed by atoms with E-state index in [1.54, 1.807) is 7.05 Å². The van der Waals surface area contributed by atoms with Crippen molar-refractivity contribution in [3.63, 3.8) is 0 Å². The van der Waals surface area contributed by atoms with Gasteiger partial charge >= 0.3 is 0 Å². The van der Waals surface area contributed by atoms with Crippen molar-refractivity contribution in [2.45, 2.75) is 20.0 Å². The van der Waals surface area contributed by atoms with E-state index in [1.165, 1.54) is 11.1 Å². The molecule has 3 aromatic carbocycles. The van der Waals surface area contributed by atoms with Gasteiger partial charge < -0.3 is 16.0 Å². The highest BCUT2D eigenvalue weighted by Gasteiger charge is 2.04. The average molecular weight is 514 g/mol. The second kappa shape index (κ2) is 12.0. The number of hydrogen-bond acceptors (Lipinski definition) is 2. The van der Waals surface area contributed by atoms with Crippen LogP contribution in [-0.4, -0.2) is 18.9 Å². The Bertz CT molecular complexity index is 955. The molecule has 5 nitrogen and oxygen atoms in total. The Balaban J connectivity index is 0.00000320. The number of halogens is 1. The van der Waals surface area contributed by atoms with Crippen LogP contribution in [0.15, 0.2) is 83.9 Å². The topological polar surface area (TPSA) is 65.5 Å². The van der Waals surface area contributed by atoms with E-state index in [1.807, 2.05) is 54.6 Å². The molecule has 0 fully saturated rings. The Hall–Kier alpha value is -2.87. The van der Waals surface area contributed by atoms with E-state index in [-0.39, 0.29) is 29.9 Å². The number of para-hydroxylation sites is 1. The van der Waals surface area contributed by atoms with Gasteiger partial charge in [0.25, 0.3) is 5.91 Å². The van der Waals surface area contributed by atoms with Gasteiger partial charge in [0.2, 0.25) is 0 Å². The number of benzene rings is 3. The number of aliphatic imine (C=N–C) groups is 1. The lowest BCUT2D eigenvalue weighted by molar-refractivity contribution is 0.0963. The number of rotatable bonds is 6. The lowest BCUT2D eigenvalue weighted by Crippen LogP contribution is -2.30. The van der Waals surface area contributed by atoms with E-state index in [4.69, 9.17) is 4.99 Å². The molecule has 0 heterocycles. The minimum absolute atomic E-state index is 0. The van der Waals surface area contributed by atoms with Crippen LogP contribution >= 0.6 is 24.0 Å². The Kier molecular flexibility index (Phi) is 9.34. The summed E-state index contributed by atoms with van der Waals surface area (Å²) in [4.78, 5) is 16.4. The smallest absolute Gasteiger partial charge is 0.251 e. The summed E-state index contributed by atoms with van der Waals surface area (Å²) in [5.74, 6) is 0.610. The molecule has 0 aliphatic heterocycles. The van der Waals surface area contributed by atoms with E-state index >= 15 is 0 Å². The van der Waals surface area contributed by atoms with Crippen LogP contribution in [0.1, 0.15) is 27.0 Å². The Labute approximate surface area is 195 Å². The van der Waals surface area contributed by atoms with Crippen LogP contribution in [0.25, 0.3) is 0 Å². The van der Waals surface area contributed by atoms with Gasteiger partial charge in [0, 0.05) is 24.8 Å². The van der Waals surface area contributed by atoms with Crippen molar-refractivity contribution in [1.29, 1.82) is 0 Å². The number of hydrogen-bond donors (Lipinski definition) is 3. The number of carbonyl (C=O) groups excluding carboxylic acids is 1. The van der Waals surface area contributed by atoms with Crippen LogP contribution in [0.3, 0.4) is 0 Å². The van der Waals surface area contributed by atoms with Gasteiger partial charge in [-0.1, -0.05) is 60.2 Å². The van der Waals surface area contributed by atoms with Crippen LogP contribution in [0.4, 0.5) is 5.69 Å². The van der Waals surface area contributed by atoms with Crippen molar-refractivity contribution in [2.24, 2.45) is 4.99 Å². The first-order valence-electron chi connectivity index (χ1n) is 9.61. The number of nitrogens with one attached hydrogen (secondary N) is 3. The summed E-state index contributed by atoms with van der Waals surface area (Å²) in [6.45, 7) is 3.26. The predicted molar refractivity (Wildman–Crippen MR) is 134 cm³/mol. The van der Waals surface area contributed by atoms with Crippen molar-refractivity contribution in [3.05, 3.63) is 101 Å². The molecule has 1 amide bonds. The van der Waals surface area contributed by atoms with Gasteiger partial charge in [-0.25, -0.2) is 4.99 Å². The summed E-state index contributed by atoms with van der Waals surface area (Å²) in [7, 11) is 1.63. The van der Waals surface area contributed by atoms with Crippen LogP contribution in [0, 0.1) is 6.92 Å². The fourth-order valence-electron chi connectivity index (χ4n) is 2.77. The monoisotopic (exact) mass is 514 g/mol. The molecule has 6 heteroatoms. The third kappa shape index (κ3) is 7.18. The minimum atomic E-state index is -0.0914. The molecule has 0 aliphatic carbocycles. The molecule has 3 rings (SSSR count). The van der Waals surface area contributed by atoms with Gasteiger partial charge in [-0.05, 0) is 42.3 Å². The zero-order valence-electron chi connectivity index (χ0n) is 17.2.